The van der Waals surface area contributed by atoms with E-state index in [0.29, 0.717) is 17.2 Å². The number of thiazole rings is 1. The van der Waals surface area contributed by atoms with Gasteiger partial charge >= 0.3 is 0 Å². The largest absolute Gasteiger partial charge is 0.495 e. The first-order valence-corrected chi connectivity index (χ1v) is 10.4. The zero-order chi connectivity index (χ0) is 21.1. The minimum Gasteiger partial charge on any atom is -0.495 e. The molecular formula is C24H22N2O3S. The number of rotatable bonds is 6. The fraction of sp³-hybridized carbons (Fsp3) is 0.167. The molecule has 1 amide bonds. The third kappa shape index (κ3) is 4.28. The van der Waals surface area contributed by atoms with E-state index in [1.807, 2.05) is 74.5 Å². The lowest BCUT2D eigenvalue weighted by Gasteiger charge is -2.12. The molecule has 1 N–H and O–H groups in total. The molecule has 0 radical (unpaired) electrons. The SMILES string of the molecule is COc1ccc(-c2nc3ccccc3s2)cc1NC(=O)COc1ccc(C)c(C)c1. The first-order chi connectivity index (χ1) is 14.5. The highest BCUT2D eigenvalue weighted by Crippen LogP contribution is 2.34. The maximum Gasteiger partial charge on any atom is 0.262 e. The normalized spacial score (nSPS) is 10.8. The molecule has 0 aliphatic carbocycles. The average Bonchev–Trinajstić information content (AvgIpc) is 3.19. The Labute approximate surface area is 179 Å². The Morgan fingerprint density at radius 2 is 1.87 bits per heavy atom. The summed E-state index contributed by atoms with van der Waals surface area (Å²) in [7, 11) is 1.58. The number of ether oxygens (including phenoxy) is 2. The van der Waals surface area contributed by atoms with Crippen LogP contribution in [0.1, 0.15) is 11.1 Å². The molecule has 0 atom stereocenters. The number of benzene rings is 3. The highest BCUT2D eigenvalue weighted by Gasteiger charge is 2.13. The third-order valence-corrected chi connectivity index (χ3v) is 5.95. The smallest absolute Gasteiger partial charge is 0.262 e. The van der Waals surface area contributed by atoms with Crippen LogP contribution < -0.4 is 14.8 Å². The first kappa shape index (κ1) is 19.9. The third-order valence-electron chi connectivity index (χ3n) is 4.86. The van der Waals surface area contributed by atoms with E-state index in [1.54, 1.807) is 18.4 Å². The van der Waals surface area contributed by atoms with E-state index in [-0.39, 0.29) is 12.5 Å². The lowest BCUT2D eigenvalue weighted by molar-refractivity contribution is -0.118. The van der Waals surface area contributed by atoms with Gasteiger partial charge in [0.25, 0.3) is 5.91 Å². The highest BCUT2D eigenvalue weighted by atomic mass is 32.1. The van der Waals surface area contributed by atoms with Gasteiger partial charge in [0.05, 0.1) is 23.0 Å². The Morgan fingerprint density at radius 1 is 1.03 bits per heavy atom. The summed E-state index contributed by atoms with van der Waals surface area (Å²) in [6.45, 7) is 3.97. The van der Waals surface area contributed by atoms with Crippen LogP contribution in [0.2, 0.25) is 0 Å². The summed E-state index contributed by atoms with van der Waals surface area (Å²) >= 11 is 1.61. The van der Waals surface area contributed by atoms with Crippen LogP contribution in [0.25, 0.3) is 20.8 Å². The molecule has 0 saturated heterocycles. The topological polar surface area (TPSA) is 60.5 Å². The Hall–Kier alpha value is -3.38. The maximum absolute atomic E-state index is 12.5. The van der Waals surface area contributed by atoms with Crippen LogP contribution in [0.3, 0.4) is 0 Å². The van der Waals surface area contributed by atoms with Crippen LogP contribution in [0.15, 0.2) is 60.7 Å². The van der Waals surface area contributed by atoms with Crippen molar-refractivity contribution >= 4 is 33.1 Å². The van der Waals surface area contributed by atoms with Crippen molar-refractivity contribution in [2.45, 2.75) is 13.8 Å². The van der Waals surface area contributed by atoms with Gasteiger partial charge < -0.3 is 14.8 Å². The van der Waals surface area contributed by atoms with Gasteiger partial charge in [0.1, 0.15) is 16.5 Å². The number of amides is 1. The molecule has 0 bridgehead atoms. The molecule has 0 aliphatic heterocycles. The second kappa shape index (κ2) is 8.55. The number of hydrogen-bond donors (Lipinski definition) is 1. The highest BCUT2D eigenvalue weighted by molar-refractivity contribution is 7.21. The van der Waals surface area contributed by atoms with Crippen LogP contribution >= 0.6 is 11.3 Å². The summed E-state index contributed by atoms with van der Waals surface area (Å²) < 4.78 is 12.2. The van der Waals surface area contributed by atoms with Crippen molar-refractivity contribution in [2.75, 3.05) is 19.0 Å². The number of methoxy groups -OCH3 is 1. The summed E-state index contributed by atoms with van der Waals surface area (Å²) in [5, 5.41) is 3.78. The van der Waals surface area contributed by atoms with Crippen LogP contribution in [-0.4, -0.2) is 24.6 Å². The molecule has 4 rings (SSSR count). The number of fused-ring (bicyclic) bond motifs is 1. The quantitative estimate of drug-likeness (QED) is 0.442. The van der Waals surface area contributed by atoms with E-state index in [4.69, 9.17) is 14.5 Å². The molecule has 1 aromatic heterocycles. The van der Waals surface area contributed by atoms with E-state index in [1.165, 1.54) is 5.56 Å². The molecule has 1 heterocycles. The number of carbonyl (C=O) groups is 1. The van der Waals surface area contributed by atoms with E-state index in [9.17, 15) is 4.79 Å². The maximum atomic E-state index is 12.5. The van der Waals surface area contributed by atoms with Gasteiger partial charge in [-0.05, 0) is 67.4 Å². The van der Waals surface area contributed by atoms with Crippen molar-refractivity contribution in [3.05, 3.63) is 71.8 Å². The van der Waals surface area contributed by atoms with Crippen LogP contribution in [-0.2, 0) is 4.79 Å². The molecule has 4 aromatic rings. The van der Waals surface area contributed by atoms with Crippen molar-refractivity contribution in [1.82, 2.24) is 4.98 Å². The Kier molecular flexibility index (Phi) is 5.68. The lowest BCUT2D eigenvalue weighted by Crippen LogP contribution is -2.20. The lowest BCUT2D eigenvalue weighted by atomic mass is 10.1. The number of nitrogens with one attached hydrogen (secondary N) is 1. The van der Waals surface area contributed by atoms with Crippen molar-refractivity contribution in [2.24, 2.45) is 0 Å². The van der Waals surface area contributed by atoms with Gasteiger partial charge in [-0.3, -0.25) is 4.79 Å². The average molecular weight is 419 g/mol. The molecule has 0 fully saturated rings. The number of nitrogens with zero attached hydrogens (tertiary/aromatic N) is 1. The molecular weight excluding hydrogens is 396 g/mol. The zero-order valence-corrected chi connectivity index (χ0v) is 17.9. The number of para-hydroxylation sites is 1. The second-order valence-corrected chi connectivity index (χ2v) is 8.02. The molecule has 0 aliphatic rings. The van der Waals surface area contributed by atoms with E-state index in [2.05, 4.69) is 5.32 Å². The molecule has 152 valence electrons. The van der Waals surface area contributed by atoms with Gasteiger partial charge in [0, 0.05) is 5.56 Å². The van der Waals surface area contributed by atoms with Gasteiger partial charge in [-0.25, -0.2) is 4.98 Å². The minimum atomic E-state index is -0.257. The van der Waals surface area contributed by atoms with Gasteiger partial charge in [-0.15, -0.1) is 11.3 Å². The fourth-order valence-electron chi connectivity index (χ4n) is 3.07. The van der Waals surface area contributed by atoms with Crippen LogP contribution in [0, 0.1) is 13.8 Å². The summed E-state index contributed by atoms with van der Waals surface area (Å²) in [6.07, 6.45) is 0. The predicted octanol–water partition coefficient (Wildman–Crippen LogP) is 5.61. The number of hydrogen-bond acceptors (Lipinski definition) is 5. The van der Waals surface area contributed by atoms with E-state index in [0.717, 1.165) is 26.4 Å². The summed E-state index contributed by atoms with van der Waals surface area (Å²) in [6, 6.07) is 19.4. The van der Waals surface area contributed by atoms with Crippen molar-refractivity contribution in [3.63, 3.8) is 0 Å². The van der Waals surface area contributed by atoms with Gasteiger partial charge in [0.15, 0.2) is 6.61 Å². The van der Waals surface area contributed by atoms with Gasteiger partial charge in [-0.1, -0.05) is 18.2 Å². The predicted molar refractivity (Wildman–Crippen MR) is 122 cm³/mol. The molecule has 0 unspecified atom stereocenters. The number of carbonyl (C=O) groups excluding carboxylic acids is 1. The van der Waals surface area contributed by atoms with Crippen LogP contribution in [0.4, 0.5) is 5.69 Å². The molecule has 0 saturated carbocycles. The molecule has 6 heteroatoms. The molecule has 3 aromatic carbocycles. The van der Waals surface area contributed by atoms with Crippen molar-refractivity contribution in [3.8, 4) is 22.1 Å². The molecule has 5 nitrogen and oxygen atoms in total. The molecule has 0 spiro atoms. The standard InChI is InChI=1S/C24H22N2O3S/c1-15-8-10-18(12-16(15)2)29-14-23(27)25-20-13-17(9-11-21(20)28-3)24-26-19-6-4-5-7-22(19)30-24/h4-13H,14H2,1-3H3,(H,25,27). The summed E-state index contributed by atoms with van der Waals surface area (Å²) in [5.74, 6) is 0.996. The summed E-state index contributed by atoms with van der Waals surface area (Å²) in [4.78, 5) is 17.2. The Morgan fingerprint density at radius 3 is 2.63 bits per heavy atom. The first-order valence-electron chi connectivity index (χ1n) is 9.57. The number of aromatic nitrogens is 1. The van der Waals surface area contributed by atoms with Crippen molar-refractivity contribution < 1.29 is 14.3 Å². The molecule has 30 heavy (non-hydrogen) atoms. The van der Waals surface area contributed by atoms with E-state index < -0.39 is 0 Å². The monoisotopic (exact) mass is 418 g/mol. The zero-order valence-electron chi connectivity index (χ0n) is 17.1. The fourth-order valence-corrected chi connectivity index (χ4v) is 4.04. The number of anilines is 1. The second-order valence-electron chi connectivity index (χ2n) is 6.98. The number of aryl methyl sites for hydroxylation is 2. The Bertz CT molecular complexity index is 1180. The van der Waals surface area contributed by atoms with Crippen molar-refractivity contribution in [1.29, 1.82) is 0 Å². The van der Waals surface area contributed by atoms with Gasteiger partial charge in [0.2, 0.25) is 0 Å². The van der Waals surface area contributed by atoms with E-state index >= 15 is 0 Å². The van der Waals surface area contributed by atoms with Gasteiger partial charge in [-0.2, -0.15) is 0 Å². The minimum absolute atomic E-state index is 0.0863. The summed E-state index contributed by atoms with van der Waals surface area (Å²) in [5.41, 5.74) is 4.77. The Balaban J connectivity index is 1.51. The van der Waals surface area contributed by atoms with Crippen LogP contribution in [0.5, 0.6) is 11.5 Å².